The van der Waals surface area contributed by atoms with Crippen LogP contribution in [-0.2, 0) is 9.59 Å². The number of carbonyl (C=O) groups is 2. The second-order valence-electron chi connectivity index (χ2n) is 13.0. The van der Waals surface area contributed by atoms with E-state index >= 15 is 0 Å². The van der Waals surface area contributed by atoms with Gasteiger partial charge >= 0.3 is 5.91 Å². The van der Waals surface area contributed by atoms with Gasteiger partial charge in [0.05, 0.1) is 44.6 Å². The molecule has 0 bridgehead atoms. The smallest absolute Gasteiger partial charge is 0.315 e. The van der Waals surface area contributed by atoms with Gasteiger partial charge in [-0.15, -0.1) is 0 Å². The van der Waals surface area contributed by atoms with Crippen molar-refractivity contribution in [3.63, 3.8) is 0 Å². The molecular weight excluding hydrogens is 570 g/mol. The second kappa shape index (κ2) is 16.1. The SMILES string of the molecule is CCCCN(C)C(=O)CCCCCCC[N+](C)(C(C)=O)c1c(-c2ccc(OC)cc2)n(C(C)c2ccccc2)c2ccc(C)cc12. The molecule has 0 radical (unpaired) electrons. The third kappa shape index (κ3) is 7.90. The van der Waals surface area contributed by atoms with E-state index in [0.717, 1.165) is 85.1 Å². The Balaban J connectivity index is 1.67. The number of hydrogen-bond acceptors (Lipinski definition) is 3. The lowest BCUT2D eigenvalue weighted by molar-refractivity contribution is -0.130. The molecule has 4 rings (SSSR count). The summed E-state index contributed by atoms with van der Waals surface area (Å²) in [6.07, 6.45) is 7.72. The van der Waals surface area contributed by atoms with Gasteiger partial charge in [-0.2, -0.15) is 0 Å². The van der Waals surface area contributed by atoms with Gasteiger partial charge in [0, 0.05) is 25.6 Å². The predicted octanol–water partition coefficient (Wildman–Crippen LogP) is 9.32. The molecule has 1 heterocycles. The molecule has 246 valence electrons. The van der Waals surface area contributed by atoms with E-state index in [9.17, 15) is 9.59 Å². The molecule has 0 spiro atoms. The highest BCUT2D eigenvalue weighted by molar-refractivity contribution is 6.07. The number of amides is 2. The first kappa shape index (κ1) is 35.0. The van der Waals surface area contributed by atoms with E-state index < -0.39 is 0 Å². The molecule has 0 aliphatic carbocycles. The summed E-state index contributed by atoms with van der Waals surface area (Å²) in [6, 6.07) is 25.5. The number of unbranched alkanes of at least 4 members (excludes halogenated alkanes) is 5. The minimum absolute atomic E-state index is 0.0430. The van der Waals surface area contributed by atoms with E-state index in [2.05, 4.69) is 93.0 Å². The first-order valence-corrected chi connectivity index (χ1v) is 17.1. The van der Waals surface area contributed by atoms with Gasteiger partial charge in [-0.25, -0.2) is 9.28 Å². The average Bonchev–Trinajstić information content (AvgIpc) is 3.41. The number of quaternary nitrogens is 1. The van der Waals surface area contributed by atoms with Gasteiger partial charge in [-0.3, -0.25) is 4.79 Å². The Morgan fingerprint density at radius 1 is 0.913 bits per heavy atom. The van der Waals surface area contributed by atoms with Gasteiger partial charge in [0.25, 0.3) is 0 Å². The number of hydrogen-bond donors (Lipinski definition) is 0. The first-order valence-electron chi connectivity index (χ1n) is 17.1. The number of benzene rings is 3. The summed E-state index contributed by atoms with van der Waals surface area (Å²) in [6.45, 7) is 9.81. The largest absolute Gasteiger partial charge is 0.497 e. The number of aromatic nitrogens is 1. The Bertz CT molecular complexity index is 1590. The zero-order valence-electron chi connectivity index (χ0n) is 29.1. The highest BCUT2D eigenvalue weighted by Gasteiger charge is 2.39. The Morgan fingerprint density at radius 3 is 2.24 bits per heavy atom. The van der Waals surface area contributed by atoms with Crippen molar-refractivity contribution >= 4 is 28.4 Å². The molecule has 0 saturated heterocycles. The number of rotatable bonds is 16. The Labute approximate surface area is 276 Å². The van der Waals surface area contributed by atoms with Crippen LogP contribution in [0.2, 0.25) is 0 Å². The highest BCUT2D eigenvalue weighted by atomic mass is 16.5. The van der Waals surface area contributed by atoms with Crippen molar-refractivity contribution in [2.75, 3.05) is 34.3 Å². The van der Waals surface area contributed by atoms with E-state index in [1.54, 1.807) is 14.0 Å². The molecule has 2 atom stereocenters. The summed E-state index contributed by atoms with van der Waals surface area (Å²) in [5, 5.41) is 1.12. The van der Waals surface area contributed by atoms with Gasteiger partial charge in [0.1, 0.15) is 11.4 Å². The first-order chi connectivity index (χ1) is 22.1. The van der Waals surface area contributed by atoms with Gasteiger partial charge in [-0.1, -0.05) is 68.1 Å². The maximum Gasteiger partial charge on any atom is 0.315 e. The second-order valence-corrected chi connectivity index (χ2v) is 13.0. The minimum atomic E-state index is 0.0430. The van der Waals surface area contributed by atoms with Crippen molar-refractivity contribution in [1.29, 1.82) is 0 Å². The number of aryl methyl sites for hydroxylation is 1. The molecule has 3 aromatic carbocycles. The zero-order valence-corrected chi connectivity index (χ0v) is 29.1. The van der Waals surface area contributed by atoms with Crippen LogP contribution in [0.15, 0.2) is 72.8 Å². The molecule has 2 unspecified atom stereocenters. The Hall–Kier alpha value is -3.90. The van der Waals surface area contributed by atoms with Crippen LogP contribution in [-0.4, -0.2) is 55.6 Å². The fourth-order valence-electron chi connectivity index (χ4n) is 6.59. The predicted molar refractivity (Wildman–Crippen MR) is 192 cm³/mol. The van der Waals surface area contributed by atoms with Crippen molar-refractivity contribution in [3.8, 4) is 17.0 Å². The van der Waals surface area contributed by atoms with E-state index in [4.69, 9.17) is 4.74 Å². The van der Waals surface area contributed by atoms with Crippen molar-refractivity contribution in [3.05, 3.63) is 83.9 Å². The summed E-state index contributed by atoms with van der Waals surface area (Å²) < 4.78 is 8.15. The summed E-state index contributed by atoms with van der Waals surface area (Å²) >= 11 is 0. The summed E-state index contributed by atoms with van der Waals surface area (Å²) in [4.78, 5) is 28.1. The van der Waals surface area contributed by atoms with Crippen LogP contribution in [0, 0.1) is 6.92 Å². The Morgan fingerprint density at radius 2 is 1.59 bits per heavy atom. The van der Waals surface area contributed by atoms with Gasteiger partial charge in [0.15, 0.2) is 5.69 Å². The lowest BCUT2D eigenvalue weighted by Gasteiger charge is -2.32. The van der Waals surface area contributed by atoms with Crippen molar-refractivity contribution in [2.24, 2.45) is 0 Å². The lowest BCUT2D eigenvalue weighted by atomic mass is 10.0. The fraction of sp³-hybridized carbons (Fsp3) is 0.450. The molecule has 46 heavy (non-hydrogen) atoms. The van der Waals surface area contributed by atoms with Crippen LogP contribution in [0.5, 0.6) is 5.75 Å². The molecule has 6 heteroatoms. The van der Waals surface area contributed by atoms with Crippen molar-refractivity contribution in [1.82, 2.24) is 14.0 Å². The maximum absolute atomic E-state index is 13.8. The van der Waals surface area contributed by atoms with Gasteiger partial charge < -0.3 is 14.2 Å². The molecule has 0 fully saturated rings. The average molecular weight is 625 g/mol. The van der Waals surface area contributed by atoms with Crippen molar-refractivity contribution < 1.29 is 14.3 Å². The van der Waals surface area contributed by atoms with Crippen LogP contribution in [0.4, 0.5) is 5.69 Å². The van der Waals surface area contributed by atoms with E-state index in [-0.39, 0.29) is 22.3 Å². The van der Waals surface area contributed by atoms with Gasteiger partial charge in [0.2, 0.25) is 5.91 Å². The molecule has 4 aromatic rings. The summed E-state index contributed by atoms with van der Waals surface area (Å²) in [5.74, 6) is 1.18. The summed E-state index contributed by atoms with van der Waals surface area (Å²) in [5.41, 5.74) is 6.70. The standard InChI is InChI=1S/C40H54N3O3/c1-8-9-27-41(5)38(45)20-16-11-10-12-17-28-43(6,32(4)44)40-36-29-30(2)21-26-37(36)42(31(3)33-18-14-13-15-19-33)39(40)34-22-24-35(46-7)25-23-34/h13-15,18-19,21-26,29,31H,8-12,16-17,20,27-28H2,1-7H3/q+1. The quantitative estimate of drug-likeness (QED) is 0.0922. The third-order valence-corrected chi connectivity index (χ3v) is 9.62. The zero-order chi connectivity index (χ0) is 33.3. The summed E-state index contributed by atoms with van der Waals surface area (Å²) in [7, 11) is 5.69. The minimum Gasteiger partial charge on any atom is -0.497 e. The van der Waals surface area contributed by atoms with E-state index in [0.29, 0.717) is 13.0 Å². The number of ether oxygens (including phenoxy) is 1. The lowest BCUT2D eigenvalue weighted by Crippen LogP contribution is -2.50. The van der Waals surface area contributed by atoms with Crippen molar-refractivity contribution in [2.45, 2.75) is 85.1 Å². The van der Waals surface area contributed by atoms with E-state index in [1.165, 1.54) is 11.1 Å². The molecule has 2 amide bonds. The number of methoxy groups -OCH3 is 1. The maximum atomic E-state index is 13.8. The molecule has 1 aromatic heterocycles. The molecule has 0 aliphatic rings. The normalized spacial score (nSPS) is 13.4. The topological polar surface area (TPSA) is 51.5 Å². The number of fused-ring (bicyclic) bond motifs is 1. The van der Waals surface area contributed by atoms with E-state index in [1.807, 2.05) is 24.1 Å². The van der Waals surface area contributed by atoms with Gasteiger partial charge in [-0.05, 0) is 81.5 Å². The van der Waals surface area contributed by atoms with Crippen LogP contribution in [0.1, 0.15) is 89.3 Å². The van der Waals surface area contributed by atoms with Crippen LogP contribution < -0.4 is 9.22 Å². The molecule has 6 nitrogen and oxygen atoms in total. The third-order valence-electron chi connectivity index (χ3n) is 9.62. The van der Waals surface area contributed by atoms with Crippen LogP contribution in [0.3, 0.4) is 0 Å². The number of carbonyl (C=O) groups excluding carboxylic acids is 2. The highest BCUT2D eigenvalue weighted by Crippen LogP contribution is 2.46. The molecular formula is C40H54N3O3+. The fourth-order valence-corrected chi connectivity index (χ4v) is 6.59. The van der Waals surface area contributed by atoms with Crippen LogP contribution in [0.25, 0.3) is 22.2 Å². The molecule has 0 aliphatic heterocycles. The molecule has 0 N–H and O–H groups in total. The molecule has 0 saturated carbocycles. The van der Waals surface area contributed by atoms with Crippen LogP contribution >= 0.6 is 0 Å². The monoisotopic (exact) mass is 624 g/mol. The Kier molecular flexibility index (Phi) is 12.2. The number of nitrogens with zero attached hydrogens (tertiary/aromatic N) is 3.